The Kier molecular flexibility index (Phi) is 6.63. The monoisotopic (exact) mass is 296 g/mol. The number of aromatic nitrogens is 1. The van der Waals surface area contributed by atoms with Crippen LogP contribution >= 0.6 is 11.6 Å². The predicted octanol–water partition coefficient (Wildman–Crippen LogP) is 3.64. The summed E-state index contributed by atoms with van der Waals surface area (Å²) in [6.45, 7) is 7.29. The van der Waals surface area contributed by atoms with E-state index in [-0.39, 0.29) is 11.2 Å². The van der Waals surface area contributed by atoms with Crippen LogP contribution in [0.4, 0.5) is 0 Å². The van der Waals surface area contributed by atoms with Crippen molar-refractivity contribution in [3.63, 3.8) is 0 Å². The van der Waals surface area contributed by atoms with E-state index in [4.69, 9.17) is 17.3 Å². The lowest BCUT2D eigenvalue weighted by Crippen LogP contribution is -2.24. The SMILES string of the molecule is CC(C)(C)C(CCN)CCC(=O)Cc1ccncc1Cl. The van der Waals surface area contributed by atoms with E-state index >= 15 is 0 Å². The van der Waals surface area contributed by atoms with Gasteiger partial charge in [-0.1, -0.05) is 32.4 Å². The van der Waals surface area contributed by atoms with Gasteiger partial charge >= 0.3 is 0 Å². The Hall–Kier alpha value is -0.930. The molecule has 4 heteroatoms. The molecule has 0 aliphatic heterocycles. The average Bonchev–Trinajstić information content (AvgIpc) is 2.36. The van der Waals surface area contributed by atoms with E-state index in [0.717, 1.165) is 18.4 Å². The average molecular weight is 297 g/mol. The third-order valence-corrected chi connectivity index (χ3v) is 4.10. The van der Waals surface area contributed by atoms with E-state index in [1.807, 2.05) is 0 Å². The molecule has 2 N–H and O–H groups in total. The number of Topliss-reactive ketones (excluding diaryl/α,β-unsaturated/α-hetero) is 1. The summed E-state index contributed by atoms with van der Waals surface area (Å²) in [5.74, 6) is 0.703. The van der Waals surface area contributed by atoms with Gasteiger partial charge in [0.25, 0.3) is 0 Å². The second kappa shape index (κ2) is 7.75. The van der Waals surface area contributed by atoms with Crippen molar-refractivity contribution in [2.24, 2.45) is 17.1 Å². The molecule has 1 unspecified atom stereocenters. The number of ketones is 1. The smallest absolute Gasteiger partial charge is 0.137 e. The first-order chi connectivity index (χ1) is 9.34. The summed E-state index contributed by atoms with van der Waals surface area (Å²) in [4.78, 5) is 16.0. The zero-order valence-corrected chi connectivity index (χ0v) is 13.4. The molecule has 1 aromatic rings. The van der Waals surface area contributed by atoms with Gasteiger partial charge in [0.05, 0.1) is 5.02 Å². The summed E-state index contributed by atoms with van der Waals surface area (Å²) in [5, 5.41) is 0.565. The van der Waals surface area contributed by atoms with Gasteiger partial charge in [-0.3, -0.25) is 9.78 Å². The highest BCUT2D eigenvalue weighted by Gasteiger charge is 2.24. The number of carbonyl (C=O) groups excluding carboxylic acids is 1. The summed E-state index contributed by atoms with van der Waals surface area (Å²) in [5.41, 5.74) is 6.71. The summed E-state index contributed by atoms with van der Waals surface area (Å²) in [6, 6.07) is 1.81. The number of halogens is 1. The molecule has 0 amide bonds. The Morgan fingerprint density at radius 1 is 1.40 bits per heavy atom. The molecular weight excluding hydrogens is 272 g/mol. The van der Waals surface area contributed by atoms with Gasteiger partial charge in [-0.25, -0.2) is 0 Å². The van der Waals surface area contributed by atoms with E-state index in [0.29, 0.717) is 30.3 Å². The molecule has 112 valence electrons. The van der Waals surface area contributed by atoms with Crippen LogP contribution in [0.1, 0.15) is 45.6 Å². The summed E-state index contributed by atoms with van der Waals surface area (Å²) >= 11 is 6.02. The van der Waals surface area contributed by atoms with Gasteiger partial charge in [-0.2, -0.15) is 0 Å². The Morgan fingerprint density at radius 3 is 2.65 bits per heavy atom. The lowest BCUT2D eigenvalue weighted by atomic mass is 9.76. The zero-order chi connectivity index (χ0) is 15.2. The molecule has 3 nitrogen and oxygen atoms in total. The molecule has 1 rings (SSSR count). The molecule has 0 aromatic carbocycles. The van der Waals surface area contributed by atoms with E-state index in [1.165, 1.54) is 0 Å². The first-order valence-electron chi connectivity index (χ1n) is 7.14. The second-order valence-electron chi connectivity index (χ2n) is 6.36. The molecule has 0 aliphatic carbocycles. The van der Waals surface area contributed by atoms with Gasteiger partial charge in [-0.05, 0) is 42.3 Å². The van der Waals surface area contributed by atoms with Crippen molar-refractivity contribution in [3.8, 4) is 0 Å². The van der Waals surface area contributed by atoms with Crippen LogP contribution in [0.25, 0.3) is 0 Å². The van der Waals surface area contributed by atoms with E-state index < -0.39 is 0 Å². The third kappa shape index (κ3) is 5.59. The van der Waals surface area contributed by atoms with Crippen LogP contribution in [0.15, 0.2) is 18.5 Å². The molecule has 1 heterocycles. The topological polar surface area (TPSA) is 56.0 Å². The number of nitrogens with zero attached hydrogens (tertiary/aromatic N) is 1. The predicted molar refractivity (Wildman–Crippen MR) is 83.8 cm³/mol. The van der Waals surface area contributed by atoms with Crippen molar-refractivity contribution in [3.05, 3.63) is 29.0 Å². The number of hydrogen-bond acceptors (Lipinski definition) is 3. The van der Waals surface area contributed by atoms with Gasteiger partial charge in [-0.15, -0.1) is 0 Å². The Labute approximate surface area is 126 Å². The van der Waals surface area contributed by atoms with Crippen LogP contribution in [-0.4, -0.2) is 17.3 Å². The van der Waals surface area contributed by atoms with Crippen molar-refractivity contribution < 1.29 is 4.79 Å². The second-order valence-corrected chi connectivity index (χ2v) is 6.77. The lowest BCUT2D eigenvalue weighted by molar-refractivity contribution is -0.118. The van der Waals surface area contributed by atoms with Crippen molar-refractivity contribution in [2.45, 2.75) is 46.5 Å². The molecule has 0 fully saturated rings. The van der Waals surface area contributed by atoms with Crippen molar-refractivity contribution >= 4 is 17.4 Å². The highest BCUT2D eigenvalue weighted by Crippen LogP contribution is 2.32. The highest BCUT2D eigenvalue weighted by atomic mass is 35.5. The molecule has 20 heavy (non-hydrogen) atoms. The van der Waals surface area contributed by atoms with E-state index in [2.05, 4.69) is 25.8 Å². The number of pyridine rings is 1. The lowest BCUT2D eigenvalue weighted by Gasteiger charge is -2.30. The number of carbonyl (C=O) groups is 1. The molecule has 0 spiro atoms. The van der Waals surface area contributed by atoms with Crippen LogP contribution in [0.3, 0.4) is 0 Å². The number of rotatable bonds is 7. The van der Waals surface area contributed by atoms with E-state index in [9.17, 15) is 4.79 Å². The minimum atomic E-state index is 0.188. The van der Waals surface area contributed by atoms with Gasteiger partial charge in [0.2, 0.25) is 0 Å². The van der Waals surface area contributed by atoms with Gasteiger partial charge < -0.3 is 5.73 Å². The minimum absolute atomic E-state index is 0.188. The fourth-order valence-electron chi connectivity index (χ4n) is 2.39. The number of nitrogens with two attached hydrogens (primary N) is 1. The first-order valence-corrected chi connectivity index (χ1v) is 7.52. The summed E-state index contributed by atoms with van der Waals surface area (Å²) < 4.78 is 0. The third-order valence-electron chi connectivity index (χ3n) is 3.76. The fraction of sp³-hybridized carbons (Fsp3) is 0.625. The van der Waals surface area contributed by atoms with Gasteiger partial charge in [0.1, 0.15) is 5.78 Å². The van der Waals surface area contributed by atoms with Crippen LogP contribution < -0.4 is 5.73 Å². The molecule has 1 aromatic heterocycles. The molecular formula is C16H25ClN2O. The highest BCUT2D eigenvalue weighted by molar-refractivity contribution is 6.31. The maximum Gasteiger partial charge on any atom is 0.137 e. The Bertz CT molecular complexity index is 440. The largest absolute Gasteiger partial charge is 0.330 e. The van der Waals surface area contributed by atoms with Crippen LogP contribution in [0.2, 0.25) is 5.02 Å². The molecule has 0 bridgehead atoms. The van der Waals surface area contributed by atoms with E-state index in [1.54, 1.807) is 18.5 Å². The maximum absolute atomic E-state index is 12.1. The molecule has 0 radical (unpaired) electrons. The van der Waals surface area contributed by atoms with Gasteiger partial charge in [0, 0.05) is 25.2 Å². The Morgan fingerprint density at radius 2 is 2.10 bits per heavy atom. The fourth-order valence-corrected chi connectivity index (χ4v) is 2.58. The minimum Gasteiger partial charge on any atom is -0.330 e. The van der Waals surface area contributed by atoms with Crippen molar-refractivity contribution in [1.29, 1.82) is 0 Å². The summed E-state index contributed by atoms with van der Waals surface area (Å²) in [7, 11) is 0. The van der Waals surface area contributed by atoms with Crippen molar-refractivity contribution in [1.82, 2.24) is 4.98 Å². The Balaban J connectivity index is 2.52. The van der Waals surface area contributed by atoms with Crippen LogP contribution in [0, 0.1) is 11.3 Å². The normalized spacial score (nSPS) is 13.2. The summed E-state index contributed by atoms with van der Waals surface area (Å²) in [6.07, 6.45) is 6.08. The molecule has 0 saturated heterocycles. The maximum atomic E-state index is 12.1. The number of hydrogen-bond donors (Lipinski definition) is 1. The molecule has 0 aliphatic rings. The standard InChI is InChI=1S/C16H25ClN2O/c1-16(2,3)13(6-8-18)4-5-14(20)10-12-7-9-19-11-15(12)17/h7,9,11,13H,4-6,8,10,18H2,1-3H3. The van der Waals surface area contributed by atoms with Crippen LogP contribution in [0.5, 0.6) is 0 Å². The molecule has 1 atom stereocenters. The van der Waals surface area contributed by atoms with Crippen molar-refractivity contribution in [2.75, 3.05) is 6.54 Å². The van der Waals surface area contributed by atoms with Gasteiger partial charge in [0.15, 0.2) is 0 Å². The quantitative estimate of drug-likeness (QED) is 0.836. The zero-order valence-electron chi connectivity index (χ0n) is 12.7. The first kappa shape index (κ1) is 17.1. The van der Waals surface area contributed by atoms with Crippen LogP contribution in [-0.2, 0) is 11.2 Å². The molecule has 0 saturated carbocycles.